The molecule has 2 rings (SSSR count). The van der Waals surface area contributed by atoms with Crippen LogP contribution in [0, 0.1) is 0 Å². The molecule has 0 aromatic heterocycles. The van der Waals surface area contributed by atoms with Crippen molar-refractivity contribution < 1.29 is 13.3 Å². The maximum Gasteiger partial charge on any atom is 0.218 e. The third-order valence-corrected chi connectivity index (χ3v) is 6.11. The second kappa shape index (κ2) is 6.70. The fourth-order valence-electron chi connectivity index (χ4n) is 2.71. The van der Waals surface area contributed by atoms with Gasteiger partial charge in [-0.15, -0.1) is 0 Å². The predicted octanol–water partition coefficient (Wildman–Crippen LogP) is 0.515. The number of sulfonamides is 1. The van der Waals surface area contributed by atoms with Crippen LogP contribution in [-0.4, -0.2) is 44.9 Å². The van der Waals surface area contributed by atoms with Crippen LogP contribution in [0.25, 0.3) is 0 Å². The highest BCUT2D eigenvalue weighted by atomic mass is 32.2. The van der Waals surface area contributed by atoms with Gasteiger partial charge in [-0.25, -0.2) is 8.42 Å². The second-order valence-corrected chi connectivity index (χ2v) is 7.58. The van der Waals surface area contributed by atoms with Crippen LogP contribution >= 0.6 is 0 Å². The van der Waals surface area contributed by atoms with Crippen LogP contribution in [0.2, 0.25) is 0 Å². The minimum atomic E-state index is -3.17. The zero-order chi connectivity index (χ0) is 14.6. The molecule has 1 atom stereocenters. The van der Waals surface area contributed by atoms with E-state index in [1.807, 2.05) is 30.3 Å². The molecule has 1 saturated heterocycles. The van der Waals surface area contributed by atoms with Gasteiger partial charge in [0.15, 0.2) is 0 Å². The van der Waals surface area contributed by atoms with Crippen LogP contribution in [-0.2, 0) is 15.8 Å². The van der Waals surface area contributed by atoms with Crippen LogP contribution in [0.1, 0.15) is 25.8 Å². The average Bonchev–Trinajstić information content (AvgIpc) is 2.47. The van der Waals surface area contributed by atoms with E-state index in [0.717, 1.165) is 25.1 Å². The third-order valence-electron chi connectivity index (χ3n) is 4.26. The van der Waals surface area contributed by atoms with Gasteiger partial charge in [-0.2, -0.15) is 4.31 Å². The monoisotopic (exact) mass is 297 g/mol. The number of quaternary nitrogens is 1. The Bertz CT molecular complexity index is 508. The Hall–Kier alpha value is -0.910. The van der Waals surface area contributed by atoms with Crippen LogP contribution in [0.4, 0.5) is 0 Å². The molecular formula is C15H25N2O2S+. The molecule has 20 heavy (non-hydrogen) atoms. The highest BCUT2D eigenvalue weighted by molar-refractivity contribution is 7.88. The molecule has 1 aromatic rings. The Balaban J connectivity index is 1.95. The fourth-order valence-corrected chi connectivity index (χ4v) is 4.24. The number of benzene rings is 1. The zero-order valence-electron chi connectivity index (χ0n) is 12.4. The SMILES string of the molecule is CC[C@H](C)[NH+]1CCN(S(=O)(=O)Cc2ccccc2)CC1. The lowest BCUT2D eigenvalue weighted by Crippen LogP contribution is -3.17. The van der Waals surface area contributed by atoms with Gasteiger partial charge in [0.05, 0.1) is 38.0 Å². The van der Waals surface area contributed by atoms with Gasteiger partial charge in [0.1, 0.15) is 0 Å². The molecule has 0 radical (unpaired) electrons. The molecular weight excluding hydrogens is 272 g/mol. The Morgan fingerprint density at radius 2 is 1.80 bits per heavy atom. The van der Waals surface area contributed by atoms with Crippen molar-refractivity contribution >= 4 is 10.0 Å². The quantitative estimate of drug-likeness (QED) is 0.861. The highest BCUT2D eigenvalue weighted by Gasteiger charge is 2.30. The van der Waals surface area contributed by atoms with Crippen molar-refractivity contribution in [1.82, 2.24) is 4.31 Å². The van der Waals surface area contributed by atoms with Gasteiger partial charge in [0.25, 0.3) is 0 Å². The molecule has 1 aliphatic rings. The minimum absolute atomic E-state index is 0.118. The summed E-state index contributed by atoms with van der Waals surface area (Å²) in [7, 11) is -3.17. The van der Waals surface area contributed by atoms with Gasteiger partial charge >= 0.3 is 0 Å². The van der Waals surface area contributed by atoms with E-state index in [1.54, 1.807) is 4.31 Å². The lowest BCUT2D eigenvalue weighted by atomic mass is 10.2. The summed E-state index contributed by atoms with van der Waals surface area (Å²) in [6, 6.07) is 10.0. The zero-order valence-corrected chi connectivity index (χ0v) is 13.2. The molecule has 4 nitrogen and oxygen atoms in total. The molecule has 1 heterocycles. The first-order chi connectivity index (χ1) is 9.53. The smallest absolute Gasteiger partial charge is 0.218 e. The molecule has 1 aliphatic heterocycles. The van der Waals surface area contributed by atoms with E-state index in [-0.39, 0.29) is 5.75 Å². The molecule has 0 aliphatic carbocycles. The molecule has 0 saturated carbocycles. The van der Waals surface area contributed by atoms with Crippen LogP contribution in [0.15, 0.2) is 30.3 Å². The molecule has 0 spiro atoms. The molecule has 1 fully saturated rings. The second-order valence-electron chi connectivity index (χ2n) is 5.61. The average molecular weight is 297 g/mol. The van der Waals surface area contributed by atoms with Crippen molar-refractivity contribution in [2.75, 3.05) is 26.2 Å². The molecule has 1 N–H and O–H groups in total. The Labute approximate surface area is 122 Å². The first kappa shape index (κ1) is 15.5. The Morgan fingerprint density at radius 1 is 1.20 bits per heavy atom. The minimum Gasteiger partial charge on any atom is -0.331 e. The summed E-state index contributed by atoms with van der Waals surface area (Å²) in [4.78, 5) is 1.53. The molecule has 5 heteroatoms. The predicted molar refractivity (Wildman–Crippen MR) is 81.1 cm³/mol. The van der Waals surface area contributed by atoms with Gasteiger partial charge in [-0.1, -0.05) is 37.3 Å². The van der Waals surface area contributed by atoms with E-state index in [0.29, 0.717) is 19.1 Å². The molecule has 112 valence electrons. The molecule has 0 unspecified atom stereocenters. The van der Waals surface area contributed by atoms with E-state index in [2.05, 4.69) is 13.8 Å². The normalized spacial score (nSPS) is 19.9. The van der Waals surface area contributed by atoms with Crippen molar-refractivity contribution in [3.05, 3.63) is 35.9 Å². The first-order valence-electron chi connectivity index (χ1n) is 7.39. The summed E-state index contributed by atoms with van der Waals surface area (Å²) in [5.74, 6) is 0.118. The van der Waals surface area contributed by atoms with Gasteiger partial charge < -0.3 is 4.90 Å². The highest BCUT2D eigenvalue weighted by Crippen LogP contribution is 2.10. The lowest BCUT2D eigenvalue weighted by molar-refractivity contribution is -0.927. The Morgan fingerprint density at radius 3 is 2.35 bits per heavy atom. The molecule has 0 bridgehead atoms. The largest absolute Gasteiger partial charge is 0.331 e. The summed E-state index contributed by atoms with van der Waals surface area (Å²) < 4.78 is 26.5. The summed E-state index contributed by atoms with van der Waals surface area (Å²) in [6.07, 6.45) is 1.14. The van der Waals surface area contributed by atoms with E-state index < -0.39 is 10.0 Å². The third kappa shape index (κ3) is 3.81. The maximum absolute atomic E-state index is 12.4. The van der Waals surface area contributed by atoms with E-state index in [1.165, 1.54) is 4.90 Å². The van der Waals surface area contributed by atoms with Gasteiger partial charge in [-0.05, 0) is 18.9 Å². The van der Waals surface area contributed by atoms with Crippen LogP contribution in [0.3, 0.4) is 0 Å². The van der Waals surface area contributed by atoms with Crippen LogP contribution < -0.4 is 4.90 Å². The number of rotatable bonds is 5. The first-order valence-corrected chi connectivity index (χ1v) is 9.00. The number of nitrogens with zero attached hydrogens (tertiary/aromatic N) is 1. The fraction of sp³-hybridized carbons (Fsp3) is 0.600. The van der Waals surface area contributed by atoms with E-state index in [4.69, 9.17) is 0 Å². The summed E-state index contributed by atoms with van der Waals surface area (Å²) in [6.45, 7) is 7.56. The molecule has 0 amide bonds. The summed E-state index contributed by atoms with van der Waals surface area (Å²) >= 11 is 0. The van der Waals surface area contributed by atoms with Crippen molar-refractivity contribution in [1.29, 1.82) is 0 Å². The van der Waals surface area contributed by atoms with Crippen molar-refractivity contribution in [2.45, 2.75) is 32.1 Å². The lowest BCUT2D eigenvalue weighted by Gasteiger charge is -2.34. The van der Waals surface area contributed by atoms with Crippen molar-refractivity contribution in [3.63, 3.8) is 0 Å². The number of hydrogen-bond donors (Lipinski definition) is 1. The standard InChI is InChI=1S/C15H24N2O2S/c1-3-14(2)16-9-11-17(12-10-16)20(18,19)13-15-7-5-4-6-8-15/h4-8,14H,3,9-13H2,1-2H3/p+1/t14-/m0/s1. The van der Waals surface area contributed by atoms with Gasteiger partial charge in [-0.3, -0.25) is 0 Å². The molecule has 1 aromatic carbocycles. The topological polar surface area (TPSA) is 41.8 Å². The van der Waals surface area contributed by atoms with E-state index in [9.17, 15) is 8.42 Å². The van der Waals surface area contributed by atoms with Crippen molar-refractivity contribution in [3.8, 4) is 0 Å². The van der Waals surface area contributed by atoms with Gasteiger partial charge in [0.2, 0.25) is 10.0 Å². The summed E-state index contributed by atoms with van der Waals surface area (Å²) in [5, 5.41) is 0. The maximum atomic E-state index is 12.4. The number of piperazine rings is 1. The Kier molecular flexibility index (Phi) is 5.18. The number of nitrogens with one attached hydrogen (secondary N) is 1. The summed E-state index contributed by atoms with van der Waals surface area (Å²) in [5.41, 5.74) is 0.865. The van der Waals surface area contributed by atoms with Crippen molar-refractivity contribution in [2.24, 2.45) is 0 Å². The van der Waals surface area contributed by atoms with Gasteiger partial charge in [0, 0.05) is 0 Å². The number of hydrogen-bond acceptors (Lipinski definition) is 2. The van der Waals surface area contributed by atoms with E-state index >= 15 is 0 Å². The van der Waals surface area contributed by atoms with Crippen LogP contribution in [0.5, 0.6) is 0 Å².